The quantitative estimate of drug-likeness (QED) is 0.512. The van der Waals surface area contributed by atoms with Crippen LogP contribution in [0, 0.1) is 17.3 Å². The number of piperidine rings is 1. The Kier molecular flexibility index (Phi) is 4.39. The fraction of sp³-hybridized carbons (Fsp3) is 0.375. The van der Waals surface area contributed by atoms with Crippen LogP contribution >= 0.6 is 0 Å². The molecule has 0 amide bonds. The van der Waals surface area contributed by atoms with Gasteiger partial charge < -0.3 is 9.64 Å². The lowest BCUT2D eigenvalue weighted by atomic mass is 9.78. The fourth-order valence-corrected chi connectivity index (χ4v) is 4.79. The van der Waals surface area contributed by atoms with Crippen molar-refractivity contribution in [2.75, 3.05) is 31.2 Å². The number of ether oxygens (including phenoxy) is 1. The van der Waals surface area contributed by atoms with Gasteiger partial charge in [0.1, 0.15) is 5.69 Å². The number of aromatic nitrogens is 5. The molecular formula is C24H24N6O. The first-order chi connectivity index (χ1) is 15.3. The Morgan fingerprint density at radius 3 is 2.81 bits per heavy atom. The Morgan fingerprint density at radius 2 is 2.00 bits per heavy atom. The zero-order valence-corrected chi connectivity index (χ0v) is 17.3. The predicted molar refractivity (Wildman–Crippen MR) is 119 cm³/mol. The number of aromatic amines is 1. The lowest BCUT2D eigenvalue weighted by Crippen LogP contribution is -2.41. The normalized spacial score (nSPS) is 18.0. The van der Waals surface area contributed by atoms with Crippen LogP contribution in [0.1, 0.15) is 30.5 Å². The molecule has 0 atom stereocenters. The standard InChI is InChI=1S/C24H24N6O/c1-2-5-18(6-3-1)7-4-8-19-20-21(28-27-19)26-23(30-15-12-25-22(20)30)29-13-9-24(10-14-29)11-16-31-17-24/h1-3,5-6,12,15H,7,9-11,13-14,16-17H2,(H,27,28). The molecule has 7 heteroatoms. The fourth-order valence-electron chi connectivity index (χ4n) is 4.79. The van der Waals surface area contributed by atoms with E-state index < -0.39 is 0 Å². The molecule has 2 aliphatic heterocycles. The smallest absolute Gasteiger partial charge is 0.213 e. The highest BCUT2D eigenvalue weighted by molar-refractivity contribution is 5.94. The van der Waals surface area contributed by atoms with Crippen LogP contribution in [0.25, 0.3) is 16.7 Å². The van der Waals surface area contributed by atoms with Crippen molar-refractivity contribution >= 4 is 22.6 Å². The van der Waals surface area contributed by atoms with Crippen LogP contribution in [0.5, 0.6) is 0 Å². The first-order valence-corrected chi connectivity index (χ1v) is 10.9. The van der Waals surface area contributed by atoms with E-state index in [1.807, 2.05) is 30.6 Å². The SMILES string of the molecule is C(#Cc1n[nH]c2nc(N3CCC4(CCOC4)CC3)n3ccnc3c12)Cc1ccccc1. The highest BCUT2D eigenvalue weighted by Crippen LogP contribution is 2.40. The Hall–Kier alpha value is -3.37. The summed E-state index contributed by atoms with van der Waals surface area (Å²) in [6.45, 7) is 3.76. The Labute approximate surface area is 180 Å². The maximum atomic E-state index is 5.68. The molecular weight excluding hydrogens is 388 g/mol. The second kappa shape index (κ2) is 7.40. The molecule has 6 rings (SSSR count). The number of hydrogen-bond donors (Lipinski definition) is 1. The molecule has 3 aromatic heterocycles. The van der Waals surface area contributed by atoms with Gasteiger partial charge in [-0.3, -0.25) is 9.50 Å². The van der Waals surface area contributed by atoms with Gasteiger partial charge in [0.25, 0.3) is 0 Å². The van der Waals surface area contributed by atoms with Crippen LogP contribution in [-0.4, -0.2) is 50.9 Å². The summed E-state index contributed by atoms with van der Waals surface area (Å²) in [4.78, 5) is 11.9. The molecule has 0 aliphatic carbocycles. The molecule has 0 unspecified atom stereocenters. The predicted octanol–water partition coefficient (Wildman–Crippen LogP) is 3.21. The van der Waals surface area contributed by atoms with Crippen molar-refractivity contribution in [3.8, 4) is 11.8 Å². The van der Waals surface area contributed by atoms with Crippen molar-refractivity contribution in [1.82, 2.24) is 24.6 Å². The summed E-state index contributed by atoms with van der Waals surface area (Å²) in [5.41, 5.74) is 3.84. The van der Waals surface area contributed by atoms with Crippen molar-refractivity contribution in [3.63, 3.8) is 0 Å². The van der Waals surface area contributed by atoms with Crippen LogP contribution in [-0.2, 0) is 11.2 Å². The number of hydrogen-bond acceptors (Lipinski definition) is 5. The van der Waals surface area contributed by atoms with Crippen molar-refractivity contribution < 1.29 is 4.74 Å². The van der Waals surface area contributed by atoms with Crippen LogP contribution < -0.4 is 4.90 Å². The lowest BCUT2D eigenvalue weighted by molar-refractivity contribution is 0.133. The van der Waals surface area contributed by atoms with Gasteiger partial charge in [-0.1, -0.05) is 36.3 Å². The molecule has 1 spiro atoms. The molecule has 0 radical (unpaired) electrons. The third kappa shape index (κ3) is 3.24. The van der Waals surface area contributed by atoms with Gasteiger partial charge in [-0.05, 0) is 36.2 Å². The molecule has 4 aromatic rings. The minimum Gasteiger partial charge on any atom is -0.381 e. The molecule has 7 nitrogen and oxygen atoms in total. The number of rotatable bonds is 2. The van der Waals surface area contributed by atoms with Gasteiger partial charge in [-0.15, -0.1) is 0 Å². The average molecular weight is 412 g/mol. The van der Waals surface area contributed by atoms with Crippen LogP contribution in [0.2, 0.25) is 0 Å². The maximum Gasteiger partial charge on any atom is 0.213 e. The van der Waals surface area contributed by atoms with E-state index in [0.717, 1.165) is 61.8 Å². The number of fused-ring (bicyclic) bond motifs is 3. The molecule has 5 heterocycles. The summed E-state index contributed by atoms with van der Waals surface area (Å²) in [7, 11) is 0. The van der Waals surface area contributed by atoms with Gasteiger partial charge in [0.05, 0.1) is 12.0 Å². The molecule has 2 aliphatic rings. The summed E-state index contributed by atoms with van der Waals surface area (Å²) >= 11 is 0. The third-order valence-electron chi connectivity index (χ3n) is 6.67. The Balaban J connectivity index is 1.32. The maximum absolute atomic E-state index is 5.68. The molecule has 31 heavy (non-hydrogen) atoms. The minimum absolute atomic E-state index is 0.365. The second-order valence-corrected chi connectivity index (χ2v) is 8.58. The number of H-pyrrole nitrogens is 1. The summed E-state index contributed by atoms with van der Waals surface area (Å²) < 4.78 is 7.75. The Bertz CT molecular complexity index is 1280. The topological polar surface area (TPSA) is 71.3 Å². The largest absolute Gasteiger partial charge is 0.381 e. The number of nitrogens with one attached hydrogen (secondary N) is 1. The van der Waals surface area contributed by atoms with Crippen LogP contribution in [0.4, 0.5) is 5.95 Å². The molecule has 2 saturated heterocycles. The molecule has 1 aromatic carbocycles. The minimum atomic E-state index is 0.365. The first kappa shape index (κ1) is 18.4. The van der Waals surface area contributed by atoms with E-state index in [4.69, 9.17) is 9.72 Å². The van der Waals surface area contributed by atoms with Gasteiger partial charge in [-0.2, -0.15) is 10.1 Å². The van der Waals surface area contributed by atoms with Gasteiger partial charge in [-0.25, -0.2) is 4.98 Å². The third-order valence-corrected chi connectivity index (χ3v) is 6.67. The first-order valence-electron chi connectivity index (χ1n) is 10.9. The van der Waals surface area contributed by atoms with Crippen molar-refractivity contribution in [3.05, 3.63) is 54.0 Å². The van der Waals surface area contributed by atoms with Crippen LogP contribution in [0.15, 0.2) is 42.7 Å². The molecule has 1 N–H and O–H groups in total. The Morgan fingerprint density at radius 1 is 1.13 bits per heavy atom. The van der Waals surface area contributed by atoms with Gasteiger partial charge in [0.15, 0.2) is 11.3 Å². The second-order valence-electron chi connectivity index (χ2n) is 8.58. The summed E-state index contributed by atoms with van der Waals surface area (Å²) in [5, 5.41) is 8.42. The van der Waals surface area contributed by atoms with E-state index >= 15 is 0 Å². The number of imidazole rings is 1. The molecule has 0 saturated carbocycles. The van der Waals surface area contributed by atoms with E-state index in [1.54, 1.807) is 0 Å². The summed E-state index contributed by atoms with van der Waals surface area (Å²) in [6, 6.07) is 10.2. The number of anilines is 1. The lowest BCUT2D eigenvalue weighted by Gasteiger charge is -2.38. The summed E-state index contributed by atoms with van der Waals surface area (Å²) in [6.07, 6.45) is 7.95. The average Bonchev–Trinajstić information content (AvgIpc) is 3.55. The monoisotopic (exact) mass is 412 g/mol. The van der Waals surface area contributed by atoms with Crippen molar-refractivity contribution in [2.24, 2.45) is 5.41 Å². The van der Waals surface area contributed by atoms with Crippen molar-refractivity contribution in [2.45, 2.75) is 25.7 Å². The van der Waals surface area contributed by atoms with E-state index in [9.17, 15) is 0 Å². The number of benzene rings is 1. The van der Waals surface area contributed by atoms with E-state index in [1.165, 1.54) is 12.0 Å². The van der Waals surface area contributed by atoms with Gasteiger partial charge in [0.2, 0.25) is 5.95 Å². The van der Waals surface area contributed by atoms with E-state index in [0.29, 0.717) is 17.5 Å². The van der Waals surface area contributed by atoms with E-state index in [-0.39, 0.29) is 0 Å². The zero-order valence-electron chi connectivity index (χ0n) is 17.3. The van der Waals surface area contributed by atoms with Crippen molar-refractivity contribution in [1.29, 1.82) is 0 Å². The zero-order chi connectivity index (χ0) is 20.7. The molecule has 0 bridgehead atoms. The van der Waals surface area contributed by atoms with Gasteiger partial charge >= 0.3 is 0 Å². The van der Waals surface area contributed by atoms with Crippen LogP contribution in [0.3, 0.4) is 0 Å². The molecule has 156 valence electrons. The number of nitrogens with zero attached hydrogens (tertiary/aromatic N) is 5. The molecule has 2 fully saturated rings. The summed E-state index contributed by atoms with van der Waals surface area (Å²) in [5.74, 6) is 7.37. The van der Waals surface area contributed by atoms with E-state index in [2.05, 4.69) is 48.5 Å². The highest BCUT2D eigenvalue weighted by atomic mass is 16.5. The van der Waals surface area contributed by atoms with Gasteiger partial charge in [0, 0.05) is 38.5 Å². The highest BCUT2D eigenvalue weighted by Gasteiger charge is 2.38.